The first-order chi connectivity index (χ1) is 8.49. The van der Waals surface area contributed by atoms with Crippen molar-refractivity contribution in [2.45, 2.75) is 33.6 Å². The van der Waals surface area contributed by atoms with Crippen molar-refractivity contribution in [3.8, 4) is 0 Å². The van der Waals surface area contributed by atoms with Gasteiger partial charge in [-0.2, -0.15) is 0 Å². The molecule has 2 aromatic heterocycles. The Hall–Kier alpha value is -1.69. The molecule has 0 fully saturated rings. The third kappa shape index (κ3) is 2.43. The largest absolute Gasteiger partial charge is 0.360 e. The maximum absolute atomic E-state index is 12.2. The van der Waals surface area contributed by atoms with Crippen molar-refractivity contribution >= 4 is 22.4 Å². The topological polar surface area (TPSA) is 68.0 Å². The van der Waals surface area contributed by atoms with Crippen molar-refractivity contribution < 1.29 is 9.32 Å². The van der Waals surface area contributed by atoms with Crippen molar-refractivity contribution in [3.05, 3.63) is 28.1 Å². The van der Waals surface area contributed by atoms with Gasteiger partial charge in [0.15, 0.2) is 10.9 Å². The summed E-state index contributed by atoms with van der Waals surface area (Å²) >= 11 is 1.44. The Morgan fingerprint density at radius 2 is 2.17 bits per heavy atom. The Morgan fingerprint density at radius 1 is 1.44 bits per heavy atom. The minimum Gasteiger partial charge on any atom is -0.360 e. The van der Waals surface area contributed by atoms with Gasteiger partial charge in [0.05, 0.1) is 5.69 Å². The van der Waals surface area contributed by atoms with Crippen molar-refractivity contribution in [2.24, 2.45) is 0 Å². The summed E-state index contributed by atoms with van der Waals surface area (Å²) in [5.41, 5.74) is 1.11. The molecule has 5 nitrogen and oxygen atoms in total. The second-order valence-corrected chi connectivity index (χ2v) is 5.63. The number of nitrogens with zero attached hydrogens (tertiary/aromatic N) is 2. The van der Waals surface area contributed by atoms with E-state index in [-0.39, 0.29) is 11.8 Å². The number of rotatable bonds is 3. The van der Waals surface area contributed by atoms with Crippen LogP contribution in [0.1, 0.15) is 46.5 Å². The molecule has 18 heavy (non-hydrogen) atoms. The Labute approximate surface area is 109 Å². The number of hydrogen-bond acceptors (Lipinski definition) is 5. The van der Waals surface area contributed by atoms with Crippen LogP contribution in [-0.2, 0) is 0 Å². The van der Waals surface area contributed by atoms with Gasteiger partial charge in [0.1, 0.15) is 5.56 Å². The SMILES string of the molecule is Cc1cnc(NC(=O)c2c(C)noc2C(C)C)s1. The highest BCUT2D eigenvalue weighted by molar-refractivity contribution is 7.15. The maximum atomic E-state index is 12.2. The average Bonchev–Trinajstić information content (AvgIpc) is 2.85. The summed E-state index contributed by atoms with van der Waals surface area (Å²) in [6, 6.07) is 0. The number of anilines is 1. The molecule has 0 unspecified atom stereocenters. The normalized spacial score (nSPS) is 10.9. The average molecular weight is 265 g/mol. The van der Waals surface area contributed by atoms with E-state index < -0.39 is 0 Å². The molecule has 0 spiro atoms. The van der Waals surface area contributed by atoms with Gasteiger partial charge in [0, 0.05) is 17.0 Å². The lowest BCUT2D eigenvalue weighted by Crippen LogP contribution is -2.14. The molecule has 2 rings (SSSR count). The van der Waals surface area contributed by atoms with Crippen LogP contribution in [0.15, 0.2) is 10.7 Å². The van der Waals surface area contributed by atoms with E-state index in [0.717, 1.165) is 4.88 Å². The van der Waals surface area contributed by atoms with E-state index in [1.807, 2.05) is 20.8 Å². The van der Waals surface area contributed by atoms with E-state index >= 15 is 0 Å². The van der Waals surface area contributed by atoms with Crippen LogP contribution in [0.25, 0.3) is 0 Å². The zero-order valence-corrected chi connectivity index (χ0v) is 11.6. The van der Waals surface area contributed by atoms with Gasteiger partial charge < -0.3 is 4.52 Å². The van der Waals surface area contributed by atoms with E-state index in [0.29, 0.717) is 22.1 Å². The number of amides is 1. The summed E-state index contributed by atoms with van der Waals surface area (Å²) in [5.74, 6) is 0.509. The molecule has 1 N–H and O–H groups in total. The number of carbonyl (C=O) groups is 1. The smallest absolute Gasteiger partial charge is 0.262 e. The zero-order chi connectivity index (χ0) is 13.3. The van der Waals surface area contributed by atoms with Crippen LogP contribution < -0.4 is 5.32 Å². The van der Waals surface area contributed by atoms with E-state index in [1.165, 1.54) is 11.3 Å². The van der Waals surface area contributed by atoms with E-state index in [9.17, 15) is 4.79 Å². The molecule has 0 aliphatic carbocycles. The molecule has 2 heterocycles. The van der Waals surface area contributed by atoms with Gasteiger partial charge in [-0.25, -0.2) is 4.98 Å². The molecule has 0 atom stereocenters. The van der Waals surface area contributed by atoms with Gasteiger partial charge in [-0.1, -0.05) is 19.0 Å². The van der Waals surface area contributed by atoms with Gasteiger partial charge in [-0.15, -0.1) is 11.3 Å². The summed E-state index contributed by atoms with van der Waals surface area (Å²) in [6.07, 6.45) is 1.73. The van der Waals surface area contributed by atoms with Gasteiger partial charge in [-0.05, 0) is 13.8 Å². The van der Waals surface area contributed by atoms with Crippen molar-refractivity contribution in [1.29, 1.82) is 0 Å². The monoisotopic (exact) mass is 265 g/mol. The minimum absolute atomic E-state index is 0.116. The number of nitrogens with one attached hydrogen (secondary N) is 1. The Morgan fingerprint density at radius 3 is 2.72 bits per heavy atom. The quantitative estimate of drug-likeness (QED) is 0.925. The summed E-state index contributed by atoms with van der Waals surface area (Å²) in [7, 11) is 0. The molecule has 0 aromatic carbocycles. The van der Waals surface area contributed by atoms with Gasteiger partial charge >= 0.3 is 0 Å². The zero-order valence-electron chi connectivity index (χ0n) is 10.8. The van der Waals surface area contributed by atoms with Crippen LogP contribution in [0.5, 0.6) is 0 Å². The number of thiazole rings is 1. The summed E-state index contributed by atoms with van der Waals surface area (Å²) in [4.78, 5) is 17.3. The fourth-order valence-electron chi connectivity index (χ4n) is 1.63. The molecule has 1 amide bonds. The molecule has 96 valence electrons. The molecular weight excluding hydrogens is 250 g/mol. The first-order valence-electron chi connectivity index (χ1n) is 5.69. The first kappa shape index (κ1) is 12.8. The fourth-order valence-corrected chi connectivity index (χ4v) is 2.29. The highest BCUT2D eigenvalue weighted by Crippen LogP contribution is 2.24. The van der Waals surface area contributed by atoms with Crippen LogP contribution in [-0.4, -0.2) is 16.0 Å². The molecule has 0 saturated carbocycles. The lowest BCUT2D eigenvalue weighted by molar-refractivity contribution is 0.102. The van der Waals surface area contributed by atoms with Gasteiger partial charge in [0.2, 0.25) is 0 Å². The van der Waals surface area contributed by atoms with Crippen LogP contribution >= 0.6 is 11.3 Å². The molecule has 0 bridgehead atoms. The van der Waals surface area contributed by atoms with Gasteiger partial charge in [0.25, 0.3) is 5.91 Å². The lowest BCUT2D eigenvalue weighted by atomic mass is 10.0. The minimum atomic E-state index is -0.216. The summed E-state index contributed by atoms with van der Waals surface area (Å²) in [6.45, 7) is 7.63. The number of aromatic nitrogens is 2. The molecule has 0 radical (unpaired) electrons. The van der Waals surface area contributed by atoms with E-state index in [2.05, 4.69) is 15.5 Å². The standard InChI is InChI=1S/C12H15N3O2S/c1-6(2)10-9(8(4)15-17-10)11(16)14-12-13-5-7(3)18-12/h5-6H,1-4H3,(H,13,14,16). The Bertz CT molecular complexity index is 572. The van der Waals surface area contributed by atoms with E-state index in [1.54, 1.807) is 13.1 Å². The van der Waals surface area contributed by atoms with Crippen molar-refractivity contribution in [2.75, 3.05) is 5.32 Å². The molecular formula is C12H15N3O2S. The maximum Gasteiger partial charge on any atom is 0.262 e. The van der Waals surface area contributed by atoms with Crippen molar-refractivity contribution in [1.82, 2.24) is 10.1 Å². The molecule has 0 aliphatic rings. The molecule has 2 aromatic rings. The molecule has 0 saturated heterocycles. The number of aryl methyl sites for hydroxylation is 2. The second-order valence-electron chi connectivity index (χ2n) is 4.39. The number of carbonyl (C=O) groups excluding carboxylic acids is 1. The third-order valence-electron chi connectivity index (χ3n) is 2.48. The Kier molecular flexibility index (Phi) is 3.47. The highest BCUT2D eigenvalue weighted by atomic mass is 32.1. The predicted molar refractivity (Wildman–Crippen MR) is 70.1 cm³/mol. The van der Waals surface area contributed by atoms with E-state index in [4.69, 9.17) is 4.52 Å². The summed E-state index contributed by atoms with van der Waals surface area (Å²) < 4.78 is 5.19. The van der Waals surface area contributed by atoms with Gasteiger partial charge in [-0.3, -0.25) is 10.1 Å². The molecule has 6 heteroatoms. The van der Waals surface area contributed by atoms with Crippen molar-refractivity contribution in [3.63, 3.8) is 0 Å². The third-order valence-corrected chi connectivity index (χ3v) is 3.31. The van der Waals surface area contributed by atoms with Crippen LogP contribution in [0.4, 0.5) is 5.13 Å². The lowest BCUT2D eigenvalue weighted by Gasteiger charge is -2.04. The predicted octanol–water partition coefficient (Wildman–Crippen LogP) is 3.12. The fraction of sp³-hybridized carbons (Fsp3) is 0.417. The second kappa shape index (κ2) is 4.89. The summed E-state index contributed by atoms with van der Waals surface area (Å²) in [5, 5.41) is 7.21. The number of hydrogen-bond donors (Lipinski definition) is 1. The van der Waals surface area contributed by atoms with Crippen LogP contribution in [0.3, 0.4) is 0 Å². The van der Waals surface area contributed by atoms with Crippen LogP contribution in [0.2, 0.25) is 0 Å². The Balaban J connectivity index is 2.26. The first-order valence-corrected chi connectivity index (χ1v) is 6.50. The highest BCUT2D eigenvalue weighted by Gasteiger charge is 2.23. The van der Waals surface area contributed by atoms with Crippen LogP contribution in [0, 0.1) is 13.8 Å². The molecule has 0 aliphatic heterocycles.